The first-order valence-electron chi connectivity index (χ1n) is 5.57. The fourth-order valence-electron chi connectivity index (χ4n) is 1.63. The molecule has 0 aliphatic heterocycles. The predicted octanol–water partition coefficient (Wildman–Crippen LogP) is 3.19. The largest absolute Gasteiger partial charge is 0.468 e. The summed E-state index contributed by atoms with van der Waals surface area (Å²) >= 11 is 0. The van der Waals surface area contributed by atoms with Crippen molar-refractivity contribution < 1.29 is 35.9 Å². The summed E-state index contributed by atoms with van der Waals surface area (Å²) in [5.74, 6) is -0.930. The van der Waals surface area contributed by atoms with Crippen molar-refractivity contribution in [2.75, 3.05) is 7.11 Å². The molecule has 0 spiro atoms. The Morgan fingerprint density at radius 2 is 1.50 bits per heavy atom. The molecule has 0 aliphatic carbocycles. The van der Waals surface area contributed by atoms with Crippen LogP contribution < -0.4 is 5.73 Å². The number of nitrogens with two attached hydrogens (primary N) is 1. The number of esters is 1. The molecule has 0 heterocycles. The molecule has 1 unspecified atom stereocenters. The molecule has 22 heavy (non-hydrogen) atoms. The van der Waals surface area contributed by atoms with Crippen molar-refractivity contribution in [1.82, 2.24) is 0 Å². The average Bonchev–Trinajstić information content (AvgIpc) is 2.35. The van der Waals surface area contributed by atoms with Crippen molar-refractivity contribution in [2.45, 2.75) is 24.8 Å². The van der Waals surface area contributed by atoms with Crippen LogP contribution in [0.15, 0.2) is 18.2 Å². The van der Waals surface area contributed by atoms with Crippen LogP contribution in [0.3, 0.4) is 0 Å². The third kappa shape index (κ3) is 5.38. The van der Waals surface area contributed by atoms with E-state index in [4.69, 9.17) is 5.73 Å². The van der Waals surface area contributed by atoms with E-state index in [2.05, 4.69) is 4.74 Å². The lowest BCUT2D eigenvalue weighted by Crippen LogP contribution is -2.33. The Kier molecular flexibility index (Phi) is 6.70. The van der Waals surface area contributed by atoms with E-state index >= 15 is 0 Å². The van der Waals surface area contributed by atoms with Crippen molar-refractivity contribution in [1.29, 1.82) is 0 Å². The first kappa shape index (κ1) is 20.5. The summed E-state index contributed by atoms with van der Waals surface area (Å²) in [5, 5.41) is 0. The zero-order valence-electron chi connectivity index (χ0n) is 11.1. The molecule has 0 amide bonds. The van der Waals surface area contributed by atoms with Gasteiger partial charge < -0.3 is 10.5 Å². The molecule has 0 fully saturated rings. The van der Waals surface area contributed by atoms with Gasteiger partial charge in [-0.05, 0) is 30.2 Å². The molecule has 1 aromatic rings. The molecule has 2 N–H and O–H groups in total. The van der Waals surface area contributed by atoms with Crippen molar-refractivity contribution in [3.63, 3.8) is 0 Å². The Morgan fingerprint density at radius 3 is 1.82 bits per heavy atom. The fraction of sp³-hybridized carbons (Fsp3) is 0.417. The number of alkyl halides is 6. The maximum atomic E-state index is 12.6. The maximum absolute atomic E-state index is 12.6. The molecule has 0 aromatic heterocycles. The second-order valence-electron chi connectivity index (χ2n) is 4.25. The number of carbonyl (C=O) groups excluding carboxylic acids is 1. The molecule has 1 rings (SSSR count). The number of carbonyl (C=O) groups is 1. The molecule has 0 aliphatic rings. The molecular weight excluding hydrogens is 340 g/mol. The highest BCUT2D eigenvalue weighted by molar-refractivity contribution is 5.85. The first-order chi connectivity index (χ1) is 9.45. The zero-order chi connectivity index (χ0) is 16.4. The van der Waals surface area contributed by atoms with Crippen molar-refractivity contribution in [2.24, 2.45) is 5.73 Å². The molecule has 0 saturated heterocycles. The summed E-state index contributed by atoms with van der Waals surface area (Å²) in [6.45, 7) is 0. The molecule has 0 saturated carbocycles. The lowest BCUT2D eigenvalue weighted by atomic mass is 10.00. The second kappa shape index (κ2) is 7.19. The van der Waals surface area contributed by atoms with Gasteiger partial charge in [0, 0.05) is 0 Å². The third-order valence-corrected chi connectivity index (χ3v) is 2.61. The SMILES string of the molecule is COC(=O)C(N)Cc1cc(C(F)(F)F)cc(C(F)(F)F)c1.Cl. The van der Waals surface area contributed by atoms with Crippen LogP contribution in [0.2, 0.25) is 0 Å². The van der Waals surface area contributed by atoms with Crippen LogP contribution in [-0.2, 0) is 28.3 Å². The summed E-state index contributed by atoms with van der Waals surface area (Å²) in [6.07, 6.45) is -10.4. The highest BCUT2D eigenvalue weighted by atomic mass is 35.5. The molecule has 126 valence electrons. The highest BCUT2D eigenvalue weighted by Gasteiger charge is 2.37. The quantitative estimate of drug-likeness (QED) is 0.672. The normalized spacial score (nSPS) is 13.3. The van der Waals surface area contributed by atoms with Crippen LogP contribution in [0.1, 0.15) is 16.7 Å². The minimum Gasteiger partial charge on any atom is -0.468 e. The molecular formula is C12H12ClF6NO2. The number of hydrogen-bond donors (Lipinski definition) is 1. The van der Waals surface area contributed by atoms with E-state index in [1.165, 1.54) is 0 Å². The Morgan fingerprint density at radius 1 is 1.09 bits per heavy atom. The molecule has 1 atom stereocenters. The summed E-state index contributed by atoms with van der Waals surface area (Å²) in [5.41, 5.74) is 2.08. The number of halogens is 7. The van der Waals surface area contributed by atoms with Crippen molar-refractivity contribution >= 4 is 18.4 Å². The number of ether oxygens (including phenoxy) is 1. The molecule has 0 radical (unpaired) electrons. The van der Waals surface area contributed by atoms with E-state index in [1.807, 2.05) is 0 Å². The van der Waals surface area contributed by atoms with E-state index in [0.717, 1.165) is 7.11 Å². The standard InChI is InChI=1S/C12H11F6NO2.ClH/c1-21-10(20)9(19)4-6-2-7(11(13,14)15)5-8(3-6)12(16,17)18;/h2-3,5,9H,4,19H2,1H3;1H. The molecule has 0 bridgehead atoms. The van der Waals surface area contributed by atoms with Gasteiger partial charge in [0.25, 0.3) is 0 Å². The van der Waals surface area contributed by atoms with Gasteiger partial charge in [0.2, 0.25) is 0 Å². The smallest absolute Gasteiger partial charge is 0.416 e. The van der Waals surface area contributed by atoms with E-state index in [-0.39, 0.29) is 24.0 Å². The summed E-state index contributed by atoms with van der Waals surface area (Å²) in [6, 6.07) is -0.289. The van der Waals surface area contributed by atoms with Crippen molar-refractivity contribution in [3.05, 3.63) is 34.9 Å². The van der Waals surface area contributed by atoms with E-state index < -0.39 is 41.9 Å². The van der Waals surface area contributed by atoms with Crippen LogP contribution in [-0.4, -0.2) is 19.1 Å². The second-order valence-corrected chi connectivity index (χ2v) is 4.25. The summed E-state index contributed by atoms with van der Waals surface area (Å²) < 4.78 is 79.9. The molecule has 1 aromatic carbocycles. The monoisotopic (exact) mass is 351 g/mol. The maximum Gasteiger partial charge on any atom is 0.416 e. The molecule has 3 nitrogen and oxygen atoms in total. The number of rotatable bonds is 3. The van der Waals surface area contributed by atoms with Gasteiger partial charge in [0.1, 0.15) is 6.04 Å². The average molecular weight is 352 g/mol. The van der Waals surface area contributed by atoms with E-state index in [1.54, 1.807) is 0 Å². The van der Waals surface area contributed by atoms with Gasteiger partial charge in [0.15, 0.2) is 0 Å². The first-order valence-corrected chi connectivity index (χ1v) is 5.57. The third-order valence-electron chi connectivity index (χ3n) is 2.61. The van der Waals surface area contributed by atoms with Gasteiger partial charge in [-0.1, -0.05) is 0 Å². The van der Waals surface area contributed by atoms with Crippen LogP contribution in [0, 0.1) is 0 Å². The zero-order valence-corrected chi connectivity index (χ0v) is 11.9. The minimum atomic E-state index is -4.94. The Labute approximate surface area is 127 Å². The minimum absolute atomic E-state index is 0. The Balaban J connectivity index is 0.00000441. The Bertz CT molecular complexity index is 497. The van der Waals surface area contributed by atoms with Gasteiger partial charge in [-0.3, -0.25) is 4.79 Å². The van der Waals surface area contributed by atoms with Crippen LogP contribution in [0.4, 0.5) is 26.3 Å². The lowest BCUT2D eigenvalue weighted by Gasteiger charge is -2.15. The number of benzene rings is 1. The lowest BCUT2D eigenvalue weighted by molar-refractivity contribution is -0.143. The number of hydrogen-bond acceptors (Lipinski definition) is 3. The van der Waals surface area contributed by atoms with Gasteiger partial charge in [0.05, 0.1) is 18.2 Å². The van der Waals surface area contributed by atoms with Gasteiger partial charge >= 0.3 is 18.3 Å². The predicted molar refractivity (Wildman–Crippen MR) is 67.4 cm³/mol. The van der Waals surface area contributed by atoms with Crippen molar-refractivity contribution in [3.8, 4) is 0 Å². The summed E-state index contributed by atoms with van der Waals surface area (Å²) in [7, 11) is 1.01. The fourth-order valence-corrected chi connectivity index (χ4v) is 1.63. The van der Waals surface area contributed by atoms with E-state index in [0.29, 0.717) is 12.1 Å². The van der Waals surface area contributed by atoms with E-state index in [9.17, 15) is 31.1 Å². The van der Waals surface area contributed by atoms with Gasteiger partial charge in [-0.25, -0.2) is 0 Å². The number of methoxy groups -OCH3 is 1. The van der Waals surface area contributed by atoms with Crippen LogP contribution >= 0.6 is 12.4 Å². The highest BCUT2D eigenvalue weighted by Crippen LogP contribution is 2.36. The van der Waals surface area contributed by atoms with Gasteiger partial charge in [-0.15, -0.1) is 12.4 Å². The van der Waals surface area contributed by atoms with Crippen LogP contribution in [0.5, 0.6) is 0 Å². The topological polar surface area (TPSA) is 52.3 Å². The molecule has 10 heteroatoms. The Hall–Kier alpha value is -1.48. The summed E-state index contributed by atoms with van der Waals surface area (Å²) in [4.78, 5) is 11.1. The van der Waals surface area contributed by atoms with Crippen LogP contribution in [0.25, 0.3) is 0 Å². The van der Waals surface area contributed by atoms with Gasteiger partial charge in [-0.2, -0.15) is 26.3 Å².